The molecular formula is C53H39N. The Hall–Kier alpha value is -6.70. The van der Waals surface area contributed by atoms with Gasteiger partial charge in [-0.3, -0.25) is 0 Å². The molecule has 0 radical (unpaired) electrons. The number of nitrogens with zero attached hydrogens (tertiary/aromatic N) is 1. The fourth-order valence-corrected chi connectivity index (χ4v) is 8.71. The van der Waals surface area contributed by atoms with Crippen molar-refractivity contribution in [2.75, 3.05) is 0 Å². The fraction of sp³-hybridized carbons (Fsp3) is 0.0566. The molecule has 10 rings (SSSR count). The Morgan fingerprint density at radius 1 is 0.370 bits per heavy atom. The summed E-state index contributed by atoms with van der Waals surface area (Å²) in [5, 5.41) is 7.74. The highest BCUT2D eigenvalue weighted by Crippen LogP contribution is 2.41. The van der Waals surface area contributed by atoms with Crippen molar-refractivity contribution in [2.24, 2.45) is 0 Å². The van der Waals surface area contributed by atoms with Gasteiger partial charge in [-0.25, -0.2) is 0 Å². The minimum Gasteiger partial charge on any atom is -0.309 e. The molecule has 1 nitrogen and oxygen atoms in total. The highest BCUT2D eigenvalue weighted by molar-refractivity contribution is 6.11. The van der Waals surface area contributed by atoms with Crippen molar-refractivity contribution in [3.63, 3.8) is 0 Å². The molecule has 1 aromatic heterocycles. The first-order valence-electron chi connectivity index (χ1n) is 18.9. The van der Waals surface area contributed by atoms with Gasteiger partial charge in [-0.2, -0.15) is 0 Å². The van der Waals surface area contributed by atoms with Gasteiger partial charge < -0.3 is 4.57 Å². The third-order valence-electron chi connectivity index (χ3n) is 11.4. The fourth-order valence-electron chi connectivity index (χ4n) is 8.71. The third kappa shape index (κ3) is 5.32. The summed E-state index contributed by atoms with van der Waals surface area (Å²) in [6, 6.07) is 71.4. The van der Waals surface area contributed by atoms with Crippen LogP contribution < -0.4 is 0 Å². The summed E-state index contributed by atoms with van der Waals surface area (Å²) in [6.45, 7) is 4.61. The predicted molar refractivity (Wildman–Crippen MR) is 231 cm³/mol. The second kappa shape index (κ2) is 13.1. The Bertz CT molecular complexity index is 3020. The molecule has 1 atom stereocenters. The van der Waals surface area contributed by atoms with Crippen LogP contribution in [0, 0.1) is 6.92 Å². The van der Waals surface area contributed by atoms with Crippen LogP contribution in [0.2, 0.25) is 0 Å². The van der Waals surface area contributed by atoms with Crippen LogP contribution in [-0.2, 0) is 0 Å². The van der Waals surface area contributed by atoms with Crippen molar-refractivity contribution in [2.45, 2.75) is 19.8 Å². The molecule has 256 valence electrons. The van der Waals surface area contributed by atoms with E-state index in [2.05, 4.69) is 213 Å². The highest BCUT2D eigenvalue weighted by Gasteiger charge is 2.20. The van der Waals surface area contributed by atoms with E-state index in [9.17, 15) is 0 Å². The Kier molecular flexibility index (Phi) is 7.74. The second-order valence-electron chi connectivity index (χ2n) is 14.6. The number of aromatic nitrogens is 1. The van der Waals surface area contributed by atoms with Crippen LogP contribution in [-0.4, -0.2) is 4.57 Å². The molecule has 0 amide bonds. The van der Waals surface area contributed by atoms with Crippen molar-refractivity contribution in [1.29, 1.82) is 0 Å². The molecule has 10 aromatic rings. The lowest BCUT2D eigenvalue weighted by molar-refractivity contribution is 0.937. The average Bonchev–Trinajstić information content (AvgIpc) is 3.57. The zero-order valence-electron chi connectivity index (χ0n) is 30.5. The summed E-state index contributed by atoms with van der Waals surface area (Å²) in [7, 11) is 0. The largest absolute Gasteiger partial charge is 0.309 e. The summed E-state index contributed by atoms with van der Waals surface area (Å²) in [6.07, 6.45) is 0. The lowest BCUT2D eigenvalue weighted by Crippen LogP contribution is -2.01. The number of hydrogen-bond donors (Lipinski definition) is 0. The van der Waals surface area contributed by atoms with Gasteiger partial charge in [0.05, 0.1) is 11.0 Å². The van der Waals surface area contributed by atoms with Crippen LogP contribution in [0.25, 0.3) is 82.4 Å². The van der Waals surface area contributed by atoms with E-state index in [1.165, 1.54) is 93.4 Å². The van der Waals surface area contributed by atoms with Crippen LogP contribution in [0.15, 0.2) is 194 Å². The molecule has 1 heterocycles. The van der Waals surface area contributed by atoms with E-state index in [1.54, 1.807) is 0 Å². The Morgan fingerprint density at radius 2 is 1.00 bits per heavy atom. The summed E-state index contributed by atoms with van der Waals surface area (Å²) in [5.41, 5.74) is 15.0. The van der Waals surface area contributed by atoms with E-state index >= 15 is 0 Å². The topological polar surface area (TPSA) is 4.93 Å². The lowest BCUT2D eigenvalue weighted by atomic mass is 9.82. The van der Waals surface area contributed by atoms with E-state index in [-0.39, 0.29) is 5.92 Å². The smallest absolute Gasteiger partial charge is 0.0541 e. The zero-order valence-corrected chi connectivity index (χ0v) is 30.5. The summed E-state index contributed by atoms with van der Waals surface area (Å²) < 4.78 is 2.41. The van der Waals surface area contributed by atoms with E-state index in [1.807, 2.05) is 0 Å². The van der Waals surface area contributed by atoms with Crippen LogP contribution in [0.4, 0.5) is 0 Å². The van der Waals surface area contributed by atoms with Crippen molar-refractivity contribution >= 4 is 43.4 Å². The van der Waals surface area contributed by atoms with E-state index in [0.29, 0.717) is 0 Å². The predicted octanol–water partition coefficient (Wildman–Crippen LogP) is 14.6. The number of para-hydroxylation sites is 1. The Balaban J connectivity index is 1.09. The van der Waals surface area contributed by atoms with Crippen molar-refractivity contribution in [1.82, 2.24) is 4.57 Å². The quantitative estimate of drug-likeness (QED) is 0.153. The Morgan fingerprint density at radius 3 is 1.87 bits per heavy atom. The molecule has 9 aromatic carbocycles. The Labute approximate surface area is 316 Å². The molecule has 1 unspecified atom stereocenters. The van der Waals surface area contributed by atoms with Gasteiger partial charge in [0, 0.05) is 22.4 Å². The average molecular weight is 690 g/mol. The van der Waals surface area contributed by atoms with Crippen molar-refractivity contribution in [3.05, 3.63) is 211 Å². The number of rotatable bonds is 6. The number of fused-ring (bicyclic) bond motifs is 6. The molecule has 0 spiro atoms. The van der Waals surface area contributed by atoms with Crippen LogP contribution >= 0.6 is 0 Å². The molecule has 0 fully saturated rings. The molecule has 0 aliphatic heterocycles. The van der Waals surface area contributed by atoms with Gasteiger partial charge in [-0.1, -0.05) is 159 Å². The first-order chi connectivity index (χ1) is 26.6. The molecule has 0 aliphatic carbocycles. The van der Waals surface area contributed by atoms with Crippen molar-refractivity contribution < 1.29 is 0 Å². The van der Waals surface area contributed by atoms with E-state index < -0.39 is 0 Å². The highest BCUT2D eigenvalue weighted by atomic mass is 15.0. The van der Waals surface area contributed by atoms with Gasteiger partial charge in [0.15, 0.2) is 0 Å². The first kappa shape index (κ1) is 32.0. The van der Waals surface area contributed by atoms with Gasteiger partial charge in [-0.05, 0) is 121 Å². The van der Waals surface area contributed by atoms with Gasteiger partial charge in [0.2, 0.25) is 0 Å². The SMILES string of the molecule is Cc1ccc(-c2ccc3c(c2)c2ccccc2n3-c2cccc(-c3ccccc3)c2)cc1-c1ccccc1C(C)c1cc2ccccc2c2ccccc12. The standard InChI is InChI=1S/C53H39N/c1-35-27-28-39(32-49(35)45-22-9-8-20-43(45)36(2)50-34-41-17-6-7-21-44(41)46-23-10-11-24-47(46)50)40-29-30-53-51(33-40)48-25-12-13-26-52(48)54(53)42-19-14-18-38(31-42)37-15-4-3-5-16-37/h3-34,36H,1-2H3. The molecular weight excluding hydrogens is 651 g/mol. The van der Waals surface area contributed by atoms with Gasteiger partial charge in [-0.15, -0.1) is 0 Å². The van der Waals surface area contributed by atoms with Gasteiger partial charge in [0.1, 0.15) is 0 Å². The first-order valence-corrected chi connectivity index (χ1v) is 18.9. The number of aryl methyl sites for hydroxylation is 1. The molecule has 0 aliphatic rings. The molecule has 0 saturated carbocycles. The lowest BCUT2D eigenvalue weighted by Gasteiger charge is -2.21. The van der Waals surface area contributed by atoms with Crippen molar-refractivity contribution in [3.8, 4) is 39.1 Å². The number of hydrogen-bond acceptors (Lipinski definition) is 0. The van der Waals surface area contributed by atoms with E-state index in [4.69, 9.17) is 0 Å². The minimum absolute atomic E-state index is 0.196. The van der Waals surface area contributed by atoms with Crippen LogP contribution in [0.1, 0.15) is 29.5 Å². The summed E-state index contributed by atoms with van der Waals surface area (Å²) in [5.74, 6) is 0.196. The van der Waals surface area contributed by atoms with Crippen LogP contribution in [0.3, 0.4) is 0 Å². The second-order valence-corrected chi connectivity index (χ2v) is 14.6. The molecule has 0 bridgehead atoms. The maximum Gasteiger partial charge on any atom is 0.0541 e. The molecule has 0 saturated heterocycles. The normalized spacial score (nSPS) is 12.2. The number of benzene rings is 9. The molecule has 1 heteroatoms. The third-order valence-corrected chi connectivity index (χ3v) is 11.4. The zero-order chi connectivity index (χ0) is 36.2. The molecule has 0 N–H and O–H groups in total. The van der Waals surface area contributed by atoms with Gasteiger partial charge in [0.25, 0.3) is 0 Å². The minimum atomic E-state index is 0.196. The van der Waals surface area contributed by atoms with E-state index in [0.717, 1.165) is 5.69 Å². The monoisotopic (exact) mass is 689 g/mol. The maximum absolute atomic E-state index is 2.41. The summed E-state index contributed by atoms with van der Waals surface area (Å²) in [4.78, 5) is 0. The maximum atomic E-state index is 2.41. The van der Waals surface area contributed by atoms with Gasteiger partial charge >= 0.3 is 0 Å². The molecule has 54 heavy (non-hydrogen) atoms. The van der Waals surface area contributed by atoms with Crippen LogP contribution in [0.5, 0.6) is 0 Å². The summed E-state index contributed by atoms with van der Waals surface area (Å²) >= 11 is 0.